The van der Waals surface area contributed by atoms with Crippen LogP contribution in [0.2, 0.25) is 10.0 Å². The van der Waals surface area contributed by atoms with Gasteiger partial charge in [0.05, 0.1) is 17.1 Å². The minimum absolute atomic E-state index is 0.0812. The van der Waals surface area contributed by atoms with Gasteiger partial charge in [-0.2, -0.15) is 0 Å². The van der Waals surface area contributed by atoms with Crippen LogP contribution < -0.4 is 5.32 Å². The number of carboxylic acid groups (broad SMARTS) is 1. The van der Waals surface area contributed by atoms with Crippen molar-refractivity contribution >= 4 is 41.0 Å². The predicted octanol–water partition coefficient (Wildman–Crippen LogP) is 5.98. The van der Waals surface area contributed by atoms with Crippen LogP contribution in [-0.2, 0) is 16.0 Å². The summed E-state index contributed by atoms with van der Waals surface area (Å²) in [5.74, 6) is -1.15. The molecule has 5 nitrogen and oxygen atoms in total. The Balaban J connectivity index is 1.52. The normalized spacial score (nSPS) is 12.2. The average Bonchev–Trinajstić information content (AvgIpc) is 3.02. The van der Waals surface area contributed by atoms with Crippen molar-refractivity contribution in [3.8, 4) is 11.1 Å². The smallest absolute Gasteiger partial charge is 0.411 e. The fourth-order valence-corrected chi connectivity index (χ4v) is 4.39. The van der Waals surface area contributed by atoms with Crippen LogP contribution in [0.5, 0.6) is 0 Å². The molecule has 30 heavy (non-hydrogen) atoms. The number of ether oxygens (including phenoxy) is 1. The van der Waals surface area contributed by atoms with Gasteiger partial charge in [0.2, 0.25) is 0 Å². The van der Waals surface area contributed by atoms with Gasteiger partial charge < -0.3 is 9.84 Å². The van der Waals surface area contributed by atoms with Crippen molar-refractivity contribution in [2.75, 3.05) is 11.9 Å². The quantitative estimate of drug-likeness (QED) is 0.510. The largest absolute Gasteiger partial charge is 0.481 e. The van der Waals surface area contributed by atoms with Crippen molar-refractivity contribution in [2.24, 2.45) is 0 Å². The molecule has 0 spiro atoms. The lowest BCUT2D eigenvalue weighted by Gasteiger charge is -2.16. The fraction of sp³-hybridized carbons (Fsp3) is 0.130. The molecule has 0 aliphatic heterocycles. The third-order valence-corrected chi connectivity index (χ3v) is 5.57. The second-order valence-corrected chi connectivity index (χ2v) is 7.79. The highest BCUT2D eigenvalue weighted by Crippen LogP contribution is 2.44. The van der Waals surface area contributed by atoms with E-state index in [2.05, 4.69) is 17.4 Å². The summed E-state index contributed by atoms with van der Waals surface area (Å²) in [6, 6.07) is 19.0. The summed E-state index contributed by atoms with van der Waals surface area (Å²) in [5, 5.41) is 12.1. The number of aliphatic carboxylic acids is 1. The van der Waals surface area contributed by atoms with Crippen LogP contribution in [-0.4, -0.2) is 23.8 Å². The van der Waals surface area contributed by atoms with E-state index in [9.17, 15) is 9.59 Å². The number of carboxylic acids is 1. The maximum Gasteiger partial charge on any atom is 0.411 e. The van der Waals surface area contributed by atoms with E-state index in [0.29, 0.717) is 5.56 Å². The zero-order valence-electron chi connectivity index (χ0n) is 15.7. The average molecular weight is 442 g/mol. The standard InChI is InChI=1S/C23H17Cl2NO4/c24-14-9-13(10-21(27)28)22(20(25)11-14)26-23(29)30-12-19-17-7-3-1-5-15(17)16-6-2-4-8-18(16)19/h1-9,11,19H,10,12H2,(H,26,29)(H,27,28). The third kappa shape index (κ3) is 3.99. The number of amides is 1. The summed E-state index contributed by atoms with van der Waals surface area (Å²) in [6.07, 6.45) is -1.05. The van der Waals surface area contributed by atoms with Crippen LogP contribution in [0.15, 0.2) is 60.7 Å². The first kappa shape index (κ1) is 20.3. The van der Waals surface area contributed by atoms with Crippen molar-refractivity contribution in [1.29, 1.82) is 0 Å². The maximum atomic E-state index is 12.5. The topological polar surface area (TPSA) is 75.6 Å². The molecule has 7 heteroatoms. The molecular formula is C23H17Cl2NO4. The van der Waals surface area contributed by atoms with E-state index in [-0.39, 0.29) is 34.7 Å². The van der Waals surface area contributed by atoms with Crippen LogP contribution in [0.3, 0.4) is 0 Å². The Bertz CT molecular complexity index is 1100. The van der Waals surface area contributed by atoms with Gasteiger partial charge in [0.25, 0.3) is 0 Å². The van der Waals surface area contributed by atoms with Crippen molar-refractivity contribution in [2.45, 2.75) is 12.3 Å². The number of carbonyl (C=O) groups is 2. The molecule has 3 aromatic carbocycles. The summed E-state index contributed by atoms with van der Waals surface area (Å²) in [6.45, 7) is 0.138. The Morgan fingerprint density at radius 2 is 1.57 bits per heavy atom. The molecule has 1 aliphatic rings. The van der Waals surface area contributed by atoms with E-state index in [1.165, 1.54) is 12.1 Å². The molecule has 0 saturated carbocycles. The van der Waals surface area contributed by atoms with Crippen molar-refractivity contribution in [3.05, 3.63) is 87.4 Å². The highest BCUT2D eigenvalue weighted by Gasteiger charge is 2.29. The fourth-order valence-electron chi connectivity index (χ4n) is 3.81. The van der Waals surface area contributed by atoms with E-state index in [1.807, 2.05) is 36.4 Å². The lowest BCUT2D eigenvalue weighted by Crippen LogP contribution is -2.19. The molecule has 3 aromatic rings. The lowest BCUT2D eigenvalue weighted by molar-refractivity contribution is -0.136. The summed E-state index contributed by atoms with van der Waals surface area (Å²) in [4.78, 5) is 23.6. The second-order valence-electron chi connectivity index (χ2n) is 6.94. The van der Waals surface area contributed by atoms with E-state index in [4.69, 9.17) is 33.0 Å². The zero-order valence-corrected chi connectivity index (χ0v) is 17.2. The first-order valence-electron chi connectivity index (χ1n) is 9.25. The van der Waals surface area contributed by atoms with Crippen molar-refractivity contribution in [1.82, 2.24) is 0 Å². The molecule has 152 valence electrons. The Labute approximate surface area is 183 Å². The molecule has 0 atom stereocenters. The van der Waals surface area contributed by atoms with Crippen LogP contribution >= 0.6 is 23.2 Å². The van der Waals surface area contributed by atoms with Gasteiger partial charge in [0.1, 0.15) is 6.61 Å². The van der Waals surface area contributed by atoms with Gasteiger partial charge in [-0.05, 0) is 39.9 Å². The Morgan fingerprint density at radius 3 is 2.17 bits per heavy atom. The summed E-state index contributed by atoms with van der Waals surface area (Å²) in [5.41, 5.74) is 4.94. The highest BCUT2D eigenvalue weighted by molar-refractivity contribution is 6.37. The van der Waals surface area contributed by atoms with Gasteiger partial charge in [-0.1, -0.05) is 71.7 Å². The SMILES string of the molecule is O=C(O)Cc1cc(Cl)cc(Cl)c1NC(=O)OCC1c2ccccc2-c2ccccc21. The highest BCUT2D eigenvalue weighted by atomic mass is 35.5. The van der Waals surface area contributed by atoms with Crippen LogP contribution in [0.1, 0.15) is 22.6 Å². The van der Waals surface area contributed by atoms with Gasteiger partial charge in [-0.25, -0.2) is 4.79 Å². The number of benzene rings is 3. The molecule has 0 unspecified atom stereocenters. The number of hydrogen-bond acceptors (Lipinski definition) is 3. The summed E-state index contributed by atoms with van der Waals surface area (Å²) >= 11 is 12.1. The molecule has 1 aliphatic carbocycles. The van der Waals surface area contributed by atoms with Crippen LogP contribution in [0.4, 0.5) is 10.5 Å². The van der Waals surface area contributed by atoms with E-state index in [0.717, 1.165) is 22.3 Å². The minimum atomic E-state index is -1.07. The van der Waals surface area contributed by atoms with Gasteiger partial charge in [-0.3, -0.25) is 10.1 Å². The second kappa shape index (κ2) is 8.38. The molecule has 2 N–H and O–H groups in total. The van der Waals surface area contributed by atoms with Gasteiger partial charge in [0.15, 0.2) is 0 Å². The van der Waals surface area contributed by atoms with Crippen LogP contribution in [0.25, 0.3) is 11.1 Å². The third-order valence-electron chi connectivity index (χ3n) is 5.05. The van der Waals surface area contributed by atoms with Crippen molar-refractivity contribution in [3.63, 3.8) is 0 Å². The molecular weight excluding hydrogens is 425 g/mol. The minimum Gasteiger partial charge on any atom is -0.481 e. The zero-order chi connectivity index (χ0) is 21.3. The van der Waals surface area contributed by atoms with E-state index in [1.54, 1.807) is 0 Å². The number of anilines is 1. The Kier molecular flexibility index (Phi) is 5.66. The lowest BCUT2D eigenvalue weighted by atomic mass is 9.98. The van der Waals surface area contributed by atoms with Gasteiger partial charge in [-0.15, -0.1) is 0 Å². The molecule has 0 fully saturated rings. The number of carbonyl (C=O) groups excluding carboxylic acids is 1. The monoisotopic (exact) mass is 441 g/mol. The van der Waals surface area contributed by atoms with E-state index < -0.39 is 12.1 Å². The molecule has 0 heterocycles. The summed E-state index contributed by atoms with van der Waals surface area (Å²) in [7, 11) is 0. The predicted molar refractivity (Wildman–Crippen MR) is 116 cm³/mol. The van der Waals surface area contributed by atoms with E-state index >= 15 is 0 Å². The number of hydrogen-bond donors (Lipinski definition) is 2. The molecule has 0 aromatic heterocycles. The molecule has 0 saturated heterocycles. The number of nitrogens with one attached hydrogen (secondary N) is 1. The Hall–Kier alpha value is -3.02. The van der Waals surface area contributed by atoms with Gasteiger partial charge in [0, 0.05) is 10.9 Å². The van der Waals surface area contributed by atoms with Crippen molar-refractivity contribution < 1.29 is 19.4 Å². The molecule has 0 bridgehead atoms. The Morgan fingerprint density at radius 1 is 0.967 bits per heavy atom. The molecule has 1 amide bonds. The number of fused-ring (bicyclic) bond motifs is 3. The first-order chi connectivity index (χ1) is 14.4. The first-order valence-corrected chi connectivity index (χ1v) is 10.0. The van der Waals surface area contributed by atoms with Gasteiger partial charge >= 0.3 is 12.1 Å². The molecule has 4 rings (SSSR count). The maximum absolute atomic E-state index is 12.5. The molecule has 0 radical (unpaired) electrons. The number of rotatable bonds is 5. The number of halogens is 2. The summed E-state index contributed by atoms with van der Waals surface area (Å²) < 4.78 is 5.50. The van der Waals surface area contributed by atoms with Crippen LogP contribution in [0, 0.1) is 0 Å².